The summed E-state index contributed by atoms with van der Waals surface area (Å²) in [5.74, 6) is -1.19. The monoisotopic (exact) mass is 356 g/mol. The van der Waals surface area contributed by atoms with Crippen molar-refractivity contribution < 1.29 is 18.0 Å². The lowest BCUT2D eigenvalue weighted by Crippen LogP contribution is -2.34. The normalized spacial score (nSPS) is 11.6. The molecule has 2 N–H and O–H groups in total. The van der Waals surface area contributed by atoms with Gasteiger partial charge in [0.2, 0.25) is 4.96 Å². The molecule has 24 heavy (non-hydrogen) atoms. The first-order valence-electron chi connectivity index (χ1n) is 6.77. The van der Waals surface area contributed by atoms with Crippen molar-refractivity contribution in [3.8, 4) is 0 Å². The quantitative estimate of drug-likeness (QED) is 0.751. The third kappa shape index (κ3) is 3.62. The average Bonchev–Trinajstić information content (AvgIpc) is 3.11. The van der Waals surface area contributed by atoms with Crippen LogP contribution in [0.15, 0.2) is 30.3 Å². The Morgan fingerprint density at radius 3 is 2.54 bits per heavy atom. The first-order valence-corrected chi connectivity index (χ1v) is 7.59. The highest BCUT2D eigenvalue weighted by molar-refractivity contribution is 7.16. The van der Waals surface area contributed by atoms with Gasteiger partial charge in [0.25, 0.3) is 5.82 Å². The standard InChI is InChI=1S/C13H11F3N6OS/c14-13(15,16)10-19-20-12-22(10)21-9(24-12)7-18-11(23)17-6-8-4-2-1-3-5-8/h1-5H,6-7H2,(H2,17,18,23). The van der Waals surface area contributed by atoms with Crippen LogP contribution >= 0.6 is 11.3 Å². The fraction of sp³-hybridized carbons (Fsp3) is 0.231. The fourth-order valence-electron chi connectivity index (χ4n) is 1.90. The van der Waals surface area contributed by atoms with Crippen molar-refractivity contribution in [3.05, 3.63) is 46.7 Å². The van der Waals surface area contributed by atoms with E-state index in [4.69, 9.17) is 0 Å². The molecular formula is C13H11F3N6OS. The first-order chi connectivity index (χ1) is 11.4. The number of hydrogen-bond acceptors (Lipinski definition) is 5. The van der Waals surface area contributed by atoms with Crippen LogP contribution in [0.2, 0.25) is 0 Å². The zero-order chi connectivity index (χ0) is 17.2. The number of hydrogen-bond donors (Lipinski definition) is 2. The predicted octanol–water partition coefficient (Wildman–Crippen LogP) is 2.20. The van der Waals surface area contributed by atoms with E-state index in [1.165, 1.54) is 0 Å². The van der Waals surface area contributed by atoms with Crippen LogP contribution in [0.25, 0.3) is 4.96 Å². The SMILES string of the molecule is O=C(NCc1ccccc1)NCc1nn2c(C(F)(F)F)nnc2s1. The van der Waals surface area contributed by atoms with E-state index in [9.17, 15) is 18.0 Å². The molecule has 2 amide bonds. The molecule has 126 valence electrons. The lowest BCUT2D eigenvalue weighted by Gasteiger charge is -2.06. The van der Waals surface area contributed by atoms with Gasteiger partial charge < -0.3 is 10.6 Å². The second kappa shape index (κ2) is 6.43. The van der Waals surface area contributed by atoms with Crippen LogP contribution in [0.4, 0.5) is 18.0 Å². The molecule has 2 heterocycles. The Morgan fingerprint density at radius 2 is 1.83 bits per heavy atom. The largest absolute Gasteiger partial charge is 0.453 e. The van der Waals surface area contributed by atoms with Gasteiger partial charge in [-0.3, -0.25) is 0 Å². The summed E-state index contributed by atoms with van der Waals surface area (Å²) in [6, 6.07) is 8.86. The van der Waals surface area contributed by atoms with Gasteiger partial charge in [0.1, 0.15) is 5.01 Å². The number of carbonyl (C=O) groups is 1. The van der Waals surface area contributed by atoms with Crippen LogP contribution in [-0.2, 0) is 19.3 Å². The average molecular weight is 356 g/mol. The number of alkyl halides is 3. The number of halogens is 3. The van der Waals surface area contributed by atoms with Gasteiger partial charge >= 0.3 is 12.2 Å². The van der Waals surface area contributed by atoms with E-state index in [1.807, 2.05) is 30.3 Å². The number of amides is 2. The molecule has 0 bridgehead atoms. The fourth-order valence-corrected chi connectivity index (χ4v) is 2.67. The van der Waals surface area contributed by atoms with Crippen LogP contribution in [0.5, 0.6) is 0 Å². The van der Waals surface area contributed by atoms with Crippen LogP contribution in [0.3, 0.4) is 0 Å². The minimum atomic E-state index is -4.63. The van der Waals surface area contributed by atoms with Crippen molar-refractivity contribution in [2.24, 2.45) is 0 Å². The topological polar surface area (TPSA) is 84.2 Å². The molecule has 0 radical (unpaired) electrons. The van der Waals surface area contributed by atoms with Gasteiger partial charge in [-0.1, -0.05) is 41.7 Å². The Labute approximate surface area is 137 Å². The molecule has 3 aromatic rings. The maximum absolute atomic E-state index is 12.7. The number of nitrogens with zero attached hydrogens (tertiary/aromatic N) is 4. The van der Waals surface area contributed by atoms with E-state index in [0.29, 0.717) is 16.1 Å². The molecule has 1 aromatic carbocycles. The third-order valence-corrected chi connectivity index (χ3v) is 3.88. The molecule has 7 nitrogen and oxygen atoms in total. The second-order valence-electron chi connectivity index (χ2n) is 4.73. The van der Waals surface area contributed by atoms with Crippen molar-refractivity contribution in [3.63, 3.8) is 0 Å². The highest BCUT2D eigenvalue weighted by atomic mass is 32.1. The zero-order valence-corrected chi connectivity index (χ0v) is 12.9. The van der Waals surface area contributed by atoms with Gasteiger partial charge in [-0.25, -0.2) is 4.79 Å². The van der Waals surface area contributed by atoms with Gasteiger partial charge in [0.15, 0.2) is 0 Å². The highest BCUT2D eigenvalue weighted by Crippen LogP contribution is 2.28. The summed E-state index contributed by atoms with van der Waals surface area (Å²) in [5.41, 5.74) is 0.932. The maximum Gasteiger partial charge on any atom is 0.453 e. The van der Waals surface area contributed by atoms with E-state index in [2.05, 4.69) is 25.9 Å². The Morgan fingerprint density at radius 1 is 1.12 bits per heavy atom. The Balaban J connectivity index is 1.57. The number of nitrogens with one attached hydrogen (secondary N) is 2. The summed E-state index contributed by atoms with van der Waals surface area (Å²) in [6.07, 6.45) is -4.63. The molecule has 3 rings (SSSR count). The van der Waals surface area contributed by atoms with Crippen molar-refractivity contribution in [1.82, 2.24) is 30.4 Å². The molecule has 11 heteroatoms. The minimum Gasteiger partial charge on any atom is -0.334 e. The van der Waals surface area contributed by atoms with Crippen molar-refractivity contribution in [2.75, 3.05) is 0 Å². The van der Waals surface area contributed by atoms with Crippen LogP contribution < -0.4 is 10.6 Å². The van der Waals surface area contributed by atoms with Gasteiger partial charge in [-0.05, 0) is 5.56 Å². The summed E-state index contributed by atoms with van der Waals surface area (Å²) < 4.78 is 38.7. The van der Waals surface area contributed by atoms with E-state index in [0.717, 1.165) is 16.9 Å². The van der Waals surface area contributed by atoms with E-state index in [-0.39, 0.29) is 11.5 Å². The van der Waals surface area contributed by atoms with E-state index >= 15 is 0 Å². The van der Waals surface area contributed by atoms with Crippen molar-refractivity contribution >= 4 is 22.3 Å². The molecule has 2 aromatic heterocycles. The summed E-state index contributed by atoms with van der Waals surface area (Å²) in [6.45, 7) is 0.335. The molecule has 0 saturated carbocycles. The molecule has 0 unspecified atom stereocenters. The summed E-state index contributed by atoms with van der Waals surface area (Å²) in [5, 5.41) is 15.7. The first kappa shape index (κ1) is 16.2. The molecule has 0 aliphatic carbocycles. The molecule has 0 atom stereocenters. The minimum absolute atomic E-state index is 0.00799. The van der Waals surface area contributed by atoms with Gasteiger partial charge in [-0.2, -0.15) is 22.8 Å². The summed E-state index contributed by atoms with van der Waals surface area (Å²) >= 11 is 0.926. The molecule has 0 spiro atoms. The molecule has 0 saturated heterocycles. The number of benzene rings is 1. The summed E-state index contributed by atoms with van der Waals surface area (Å²) in [7, 11) is 0. The molecule has 0 fully saturated rings. The lowest BCUT2D eigenvalue weighted by molar-refractivity contribution is -0.146. The Kier molecular flexibility index (Phi) is 4.34. The summed E-state index contributed by atoms with van der Waals surface area (Å²) in [4.78, 5) is 11.7. The van der Waals surface area contributed by atoms with Gasteiger partial charge in [0, 0.05) is 6.54 Å². The number of carbonyl (C=O) groups excluding carboxylic acids is 1. The smallest absolute Gasteiger partial charge is 0.334 e. The third-order valence-electron chi connectivity index (χ3n) is 2.98. The van der Waals surface area contributed by atoms with Gasteiger partial charge in [0.05, 0.1) is 6.54 Å². The molecular weight excluding hydrogens is 345 g/mol. The van der Waals surface area contributed by atoms with Crippen molar-refractivity contribution in [2.45, 2.75) is 19.3 Å². The second-order valence-corrected chi connectivity index (χ2v) is 5.77. The molecule has 0 aliphatic heterocycles. The van der Waals surface area contributed by atoms with Crippen LogP contribution in [-0.4, -0.2) is 25.8 Å². The number of rotatable bonds is 4. The molecule has 0 aliphatic rings. The lowest BCUT2D eigenvalue weighted by atomic mass is 10.2. The van der Waals surface area contributed by atoms with E-state index < -0.39 is 18.0 Å². The van der Waals surface area contributed by atoms with Gasteiger partial charge in [-0.15, -0.1) is 10.2 Å². The number of aromatic nitrogens is 4. The van der Waals surface area contributed by atoms with Crippen LogP contribution in [0.1, 0.15) is 16.4 Å². The predicted molar refractivity (Wildman–Crippen MR) is 79.2 cm³/mol. The van der Waals surface area contributed by atoms with Crippen molar-refractivity contribution in [1.29, 1.82) is 0 Å². The number of fused-ring (bicyclic) bond motifs is 1. The van der Waals surface area contributed by atoms with E-state index in [1.54, 1.807) is 0 Å². The number of urea groups is 1. The Bertz CT molecular complexity index is 844. The zero-order valence-electron chi connectivity index (χ0n) is 12.0. The van der Waals surface area contributed by atoms with Crippen LogP contribution in [0, 0.1) is 0 Å². The highest BCUT2D eigenvalue weighted by Gasteiger charge is 2.38. The maximum atomic E-state index is 12.7. The Hall–Kier alpha value is -2.69.